The molecule has 0 bridgehead atoms. The van der Waals surface area contributed by atoms with Crippen molar-refractivity contribution in [1.29, 1.82) is 0 Å². The van der Waals surface area contributed by atoms with Crippen LogP contribution in [0.2, 0.25) is 0 Å². The molecule has 2 aromatic carbocycles. The molecule has 1 aromatic heterocycles. The molecule has 1 saturated carbocycles. The van der Waals surface area contributed by atoms with Gasteiger partial charge in [-0.05, 0) is 37.0 Å². The van der Waals surface area contributed by atoms with Crippen LogP contribution in [0.5, 0.6) is 5.75 Å². The maximum Gasteiger partial charge on any atom is 0.273 e. The highest BCUT2D eigenvalue weighted by Gasteiger charge is 2.50. The number of hydrogen-bond donors (Lipinski definition) is 1. The summed E-state index contributed by atoms with van der Waals surface area (Å²) in [4.78, 5) is 13.0. The molecule has 34 heavy (non-hydrogen) atoms. The van der Waals surface area contributed by atoms with Gasteiger partial charge in [-0.25, -0.2) is 8.42 Å². The number of sulfone groups is 1. The van der Waals surface area contributed by atoms with Gasteiger partial charge >= 0.3 is 0 Å². The van der Waals surface area contributed by atoms with Crippen LogP contribution in [0.15, 0.2) is 42.5 Å². The maximum absolute atomic E-state index is 13.0. The molecule has 0 saturated heterocycles. The lowest BCUT2D eigenvalue weighted by atomic mass is 9.89. The number of Topliss-reactive ketones (excluding diaryl/α,β-unsaturated/α-hetero) is 1. The highest BCUT2D eigenvalue weighted by Crippen LogP contribution is 2.44. The summed E-state index contributed by atoms with van der Waals surface area (Å²) in [6.45, 7) is 2.03. The first-order valence-corrected chi connectivity index (χ1v) is 13.6. The fourth-order valence-corrected chi connectivity index (χ4v) is 6.59. The number of aryl methyl sites for hydroxylation is 1. The van der Waals surface area contributed by atoms with E-state index in [9.17, 15) is 18.3 Å². The molecule has 0 unspecified atom stereocenters. The number of carbonyl (C=O) groups excluding carboxylic acids is 1. The number of aliphatic hydroxyl groups is 1. The molecule has 3 aromatic rings. The average Bonchev–Trinajstić information content (AvgIpc) is 3.45. The number of fused-ring (bicyclic) bond motifs is 1. The second-order valence-corrected chi connectivity index (χ2v) is 13.0. The zero-order valence-electron chi connectivity index (χ0n) is 19.0. The standard InChI is InChI=1S/C24H26N3O5S2/c1-24(9-10-24)34(30,31)14-20(28)18-6-4-3-5-17(18)15-7-8-19-21(11-15)32-13-16(23(19)29)12-22-25-26-27(2)33-22/h3-8,11,16,23,29H,9-10,12-14H2,1-2H3/q+1/t16-,23+/m0/s1. The van der Waals surface area contributed by atoms with Crippen LogP contribution in [-0.2, 0) is 23.3 Å². The van der Waals surface area contributed by atoms with Crippen molar-refractivity contribution >= 4 is 27.2 Å². The van der Waals surface area contributed by atoms with Crippen molar-refractivity contribution in [1.82, 2.24) is 10.3 Å². The van der Waals surface area contributed by atoms with Crippen molar-refractivity contribution in [2.24, 2.45) is 13.0 Å². The number of carbonyl (C=O) groups is 1. The molecule has 2 heterocycles. The van der Waals surface area contributed by atoms with Crippen molar-refractivity contribution in [3.8, 4) is 16.9 Å². The lowest BCUT2D eigenvalue weighted by molar-refractivity contribution is -0.668. The summed E-state index contributed by atoms with van der Waals surface area (Å²) in [5, 5.41) is 19.9. The van der Waals surface area contributed by atoms with E-state index in [2.05, 4.69) is 10.3 Å². The maximum atomic E-state index is 13.0. The minimum absolute atomic E-state index is 0.144. The SMILES string of the molecule is C[n+]1nnc(C[C@H]2COc3cc(-c4ccccc4C(=O)CS(=O)(=O)C4(C)CC4)ccc3[C@@H]2O)s1. The van der Waals surface area contributed by atoms with E-state index >= 15 is 0 Å². The minimum atomic E-state index is -3.50. The van der Waals surface area contributed by atoms with E-state index in [-0.39, 0.29) is 5.92 Å². The summed E-state index contributed by atoms with van der Waals surface area (Å²) in [5.74, 6) is -0.489. The molecule has 0 radical (unpaired) electrons. The van der Waals surface area contributed by atoms with Gasteiger partial charge in [0.15, 0.2) is 20.8 Å². The number of benzene rings is 2. The quantitative estimate of drug-likeness (QED) is 0.392. The number of ether oxygens (including phenoxy) is 1. The summed E-state index contributed by atoms with van der Waals surface area (Å²) in [6.07, 6.45) is 1.06. The van der Waals surface area contributed by atoms with Crippen molar-refractivity contribution in [3.63, 3.8) is 0 Å². The molecule has 1 aliphatic carbocycles. The Morgan fingerprint density at radius 1 is 1.26 bits per heavy atom. The van der Waals surface area contributed by atoms with Crippen molar-refractivity contribution in [2.45, 2.75) is 37.0 Å². The van der Waals surface area contributed by atoms with Crippen LogP contribution in [0.4, 0.5) is 0 Å². The number of aromatic nitrogens is 3. The molecule has 10 heteroatoms. The molecular formula is C24H26N3O5S2+. The van der Waals surface area contributed by atoms with Crippen LogP contribution in [0.3, 0.4) is 0 Å². The lowest BCUT2D eigenvalue weighted by Crippen LogP contribution is -2.28. The van der Waals surface area contributed by atoms with Gasteiger partial charge in [-0.1, -0.05) is 40.5 Å². The van der Waals surface area contributed by atoms with Crippen molar-refractivity contribution in [2.75, 3.05) is 12.4 Å². The zero-order chi connectivity index (χ0) is 24.1. The van der Waals surface area contributed by atoms with Gasteiger partial charge in [0.25, 0.3) is 5.01 Å². The fraction of sp³-hybridized carbons (Fsp3) is 0.417. The van der Waals surface area contributed by atoms with Gasteiger partial charge in [-0.15, -0.1) is 0 Å². The van der Waals surface area contributed by atoms with Gasteiger partial charge < -0.3 is 9.84 Å². The molecule has 5 rings (SSSR count). The number of ketones is 1. The third-order valence-electron chi connectivity index (χ3n) is 6.75. The van der Waals surface area contributed by atoms with Crippen molar-refractivity contribution < 1.29 is 27.1 Å². The summed E-state index contributed by atoms with van der Waals surface area (Å²) in [7, 11) is -1.69. The highest BCUT2D eigenvalue weighted by atomic mass is 32.2. The van der Waals surface area contributed by atoms with Gasteiger partial charge in [0.05, 0.1) is 22.6 Å². The van der Waals surface area contributed by atoms with Gasteiger partial charge in [-0.3, -0.25) is 4.79 Å². The monoisotopic (exact) mass is 500 g/mol. The first-order chi connectivity index (χ1) is 16.2. The van der Waals surface area contributed by atoms with Gasteiger partial charge in [0.1, 0.15) is 30.1 Å². The van der Waals surface area contributed by atoms with Crippen LogP contribution in [0.25, 0.3) is 11.1 Å². The van der Waals surface area contributed by atoms with E-state index in [4.69, 9.17) is 4.74 Å². The van der Waals surface area contributed by atoms with Gasteiger partial charge in [0.2, 0.25) is 0 Å². The number of rotatable bonds is 7. The Kier molecular flexibility index (Phi) is 5.78. The van der Waals surface area contributed by atoms with Crippen LogP contribution in [-0.4, -0.2) is 46.7 Å². The Balaban J connectivity index is 1.40. The molecule has 1 N–H and O–H groups in total. The first kappa shape index (κ1) is 23.1. The summed E-state index contributed by atoms with van der Waals surface area (Å²) >= 11 is 1.43. The number of aliphatic hydroxyl groups excluding tert-OH is 1. The third kappa shape index (κ3) is 4.25. The van der Waals surface area contributed by atoms with E-state index in [1.54, 1.807) is 29.2 Å². The van der Waals surface area contributed by atoms with Crippen LogP contribution in [0.1, 0.15) is 46.8 Å². The van der Waals surface area contributed by atoms with Gasteiger partial charge in [-0.2, -0.15) is 0 Å². The van der Waals surface area contributed by atoms with Crippen molar-refractivity contribution in [3.05, 3.63) is 58.6 Å². The fourth-order valence-electron chi connectivity index (χ4n) is 4.28. The molecule has 1 aliphatic heterocycles. The smallest absolute Gasteiger partial charge is 0.273 e. The van der Waals surface area contributed by atoms with E-state index < -0.39 is 32.2 Å². The molecule has 2 aliphatic rings. The number of nitrogens with zero attached hydrogens (tertiary/aromatic N) is 3. The van der Waals surface area contributed by atoms with Crippen LogP contribution >= 0.6 is 11.5 Å². The third-order valence-corrected chi connectivity index (χ3v) is 10.1. The zero-order valence-corrected chi connectivity index (χ0v) is 20.6. The number of hydrogen-bond acceptors (Lipinski definition) is 8. The molecule has 1 fully saturated rings. The summed E-state index contributed by atoms with van der Waals surface area (Å²) < 4.78 is 32.2. The summed E-state index contributed by atoms with van der Waals surface area (Å²) in [6, 6.07) is 12.5. The Morgan fingerprint density at radius 2 is 2.03 bits per heavy atom. The molecule has 0 amide bonds. The van der Waals surface area contributed by atoms with E-state index in [1.165, 1.54) is 11.5 Å². The van der Waals surface area contributed by atoms with Gasteiger partial charge in [0, 0.05) is 23.5 Å². The largest absolute Gasteiger partial charge is 0.493 e. The Hall–Kier alpha value is -2.69. The molecular weight excluding hydrogens is 474 g/mol. The van der Waals surface area contributed by atoms with Crippen LogP contribution in [0, 0.1) is 5.92 Å². The molecule has 2 atom stereocenters. The minimum Gasteiger partial charge on any atom is -0.493 e. The Labute approximate surface area is 202 Å². The predicted molar refractivity (Wildman–Crippen MR) is 126 cm³/mol. The normalized spacial score (nSPS) is 20.9. The molecule has 0 spiro atoms. The summed E-state index contributed by atoms with van der Waals surface area (Å²) in [5.41, 5.74) is 2.43. The van der Waals surface area contributed by atoms with E-state index in [1.807, 2.05) is 31.3 Å². The Morgan fingerprint density at radius 3 is 2.74 bits per heavy atom. The molecule has 178 valence electrons. The average molecular weight is 501 g/mol. The highest BCUT2D eigenvalue weighted by molar-refractivity contribution is 7.93. The van der Waals surface area contributed by atoms with E-state index in [0.29, 0.717) is 48.3 Å². The lowest BCUT2D eigenvalue weighted by Gasteiger charge is -2.29. The predicted octanol–water partition coefficient (Wildman–Crippen LogP) is 2.46. The van der Waals surface area contributed by atoms with Crippen LogP contribution < -0.4 is 8.81 Å². The second kappa shape index (κ2) is 8.51. The first-order valence-electron chi connectivity index (χ1n) is 11.2. The second-order valence-electron chi connectivity index (χ2n) is 9.29. The Bertz CT molecular complexity index is 1360. The molecule has 8 nitrogen and oxygen atoms in total. The topological polar surface area (TPSA) is 110 Å². The van der Waals surface area contributed by atoms with E-state index in [0.717, 1.165) is 10.6 Å².